The molecule has 8 nitrogen and oxygen atoms in total. The van der Waals surface area contributed by atoms with Gasteiger partial charge in [-0.05, 0) is 81.1 Å². The second-order valence-corrected chi connectivity index (χ2v) is 22.1. The molecule has 0 amide bonds. The number of carbonyl (C=O) groups is 8. The van der Waals surface area contributed by atoms with Gasteiger partial charge in [-0.15, -0.1) is 0 Å². The molecule has 4 rings (SSSR count). The van der Waals surface area contributed by atoms with E-state index in [2.05, 4.69) is 0 Å². The van der Waals surface area contributed by atoms with Crippen molar-refractivity contribution < 1.29 is 38.4 Å². The van der Waals surface area contributed by atoms with Crippen molar-refractivity contribution >= 4 is 46.3 Å². The standard InChI is InChI=1S/2C25H32O4/c2*1-23(2,3)16-12-18(26)14(10-20(16)28)22(25(7,8)9)15-11-21(29)17(13-19(15)27)24(4,5)6/h2*10-13,22H,1-9H3. The van der Waals surface area contributed by atoms with Gasteiger partial charge in [-0.25, -0.2) is 0 Å². The van der Waals surface area contributed by atoms with E-state index in [1.54, 1.807) is 0 Å². The molecule has 8 heteroatoms. The zero-order valence-electron chi connectivity index (χ0n) is 38.0. The molecule has 0 saturated carbocycles. The Morgan fingerprint density at radius 2 is 0.414 bits per heavy atom. The topological polar surface area (TPSA) is 137 Å². The van der Waals surface area contributed by atoms with Crippen molar-refractivity contribution in [3.63, 3.8) is 0 Å². The summed E-state index contributed by atoms with van der Waals surface area (Å²) in [6.45, 7) is 34.0. The van der Waals surface area contributed by atoms with E-state index in [0.29, 0.717) is 22.3 Å². The van der Waals surface area contributed by atoms with Crippen molar-refractivity contribution in [3.8, 4) is 0 Å². The molecule has 312 valence electrons. The van der Waals surface area contributed by atoms with Gasteiger partial charge in [0.1, 0.15) is 0 Å². The van der Waals surface area contributed by atoms with Crippen LogP contribution in [0.5, 0.6) is 0 Å². The molecular weight excluding hydrogens is 729 g/mol. The molecule has 4 aliphatic rings. The van der Waals surface area contributed by atoms with Crippen LogP contribution in [0, 0.1) is 44.3 Å². The van der Waals surface area contributed by atoms with Crippen LogP contribution in [0.2, 0.25) is 0 Å². The summed E-state index contributed by atoms with van der Waals surface area (Å²) in [5.41, 5.74) is 0.0205. The highest BCUT2D eigenvalue weighted by Crippen LogP contribution is 2.45. The molecule has 0 radical (unpaired) electrons. The number of carbonyl (C=O) groups excluding carboxylic acids is 8. The van der Waals surface area contributed by atoms with E-state index in [-0.39, 0.29) is 68.6 Å². The molecule has 0 spiro atoms. The molecule has 0 saturated heterocycles. The van der Waals surface area contributed by atoms with Crippen molar-refractivity contribution in [1.82, 2.24) is 0 Å². The van der Waals surface area contributed by atoms with Crippen LogP contribution in [0.25, 0.3) is 0 Å². The maximum absolute atomic E-state index is 13.0. The Kier molecular flexibility index (Phi) is 13.0. The van der Waals surface area contributed by atoms with Crippen molar-refractivity contribution in [2.75, 3.05) is 0 Å². The van der Waals surface area contributed by atoms with Crippen molar-refractivity contribution in [2.24, 2.45) is 44.3 Å². The summed E-state index contributed by atoms with van der Waals surface area (Å²) in [6.07, 6.45) is 11.0. The molecule has 0 atom stereocenters. The van der Waals surface area contributed by atoms with Gasteiger partial charge >= 0.3 is 0 Å². The molecule has 0 N–H and O–H groups in total. The first-order chi connectivity index (χ1) is 25.9. The molecule has 0 aromatic heterocycles. The van der Waals surface area contributed by atoms with E-state index in [9.17, 15) is 38.4 Å². The Hall–Kier alpha value is -4.72. The van der Waals surface area contributed by atoms with Crippen molar-refractivity contribution in [1.29, 1.82) is 0 Å². The van der Waals surface area contributed by atoms with Crippen LogP contribution in [0.4, 0.5) is 0 Å². The average Bonchev–Trinajstić information content (AvgIpc) is 3.00. The highest BCUT2D eigenvalue weighted by atomic mass is 16.2. The quantitative estimate of drug-likeness (QED) is 0.257. The second kappa shape index (κ2) is 15.8. The van der Waals surface area contributed by atoms with E-state index in [0.717, 1.165) is 0 Å². The van der Waals surface area contributed by atoms with Crippen LogP contribution >= 0.6 is 0 Å². The minimum atomic E-state index is -0.647. The Morgan fingerprint density at radius 3 is 0.534 bits per heavy atom. The summed E-state index contributed by atoms with van der Waals surface area (Å²) >= 11 is 0. The first-order valence-electron chi connectivity index (χ1n) is 20.0. The monoisotopic (exact) mass is 792 g/mol. The highest BCUT2D eigenvalue weighted by molar-refractivity contribution is 6.25. The number of hydrogen-bond donors (Lipinski definition) is 0. The van der Waals surface area contributed by atoms with Crippen LogP contribution in [0.15, 0.2) is 93.2 Å². The van der Waals surface area contributed by atoms with Crippen LogP contribution in [-0.2, 0) is 38.4 Å². The van der Waals surface area contributed by atoms with E-state index < -0.39 is 44.3 Å². The largest absolute Gasteiger partial charge is 0.290 e. The fourth-order valence-corrected chi connectivity index (χ4v) is 7.75. The van der Waals surface area contributed by atoms with Crippen molar-refractivity contribution in [3.05, 3.63) is 93.2 Å². The maximum atomic E-state index is 13.0. The van der Waals surface area contributed by atoms with E-state index in [1.807, 2.05) is 125 Å². The van der Waals surface area contributed by atoms with Gasteiger partial charge in [-0.1, -0.05) is 125 Å². The lowest BCUT2D eigenvalue weighted by Crippen LogP contribution is -2.35. The average molecular weight is 793 g/mol. The predicted molar refractivity (Wildman–Crippen MR) is 228 cm³/mol. The van der Waals surface area contributed by atoms with Gasteiger partial charge in [-0.2, -0.15) is 0 Å². The third kappa shape index (κ3) is 10.5. The molecular formula is C50H64O8. The number of rotatable bonds is 4. The van der Waals surface area contributed by atoms with Gasteiger partial charge < -0.3 is 0 Å². The fourth-order valence-electron chi connectivity index (χ4n) is 7.75. The summed E-state index contributed by atoms with van der Waals surface area (Å²) in [6, 6.07) is 0. The van der Waals surface area contributed by atoms with Crippen LogP contribution in [0.3, 0.4) is 0 Å². The van der Waals surface area contributed by atoms with Gasteiger partial charge in [0.05, 0.1) is 0 Å². The van der Waals surface area contributed by atoms with E-state index in [4.69, 9.17) is 0 Å². The van der Waals surface area contributed by atoms with E-state index in [1.165, 1.54) is 48.6 Å². The summed E-state index contributed by atoms with van der Waals surface area (Å²) < 4.78 is 0. The lowest BCUT2D eigenvalue weighted by atomic mass is 9.66. The summed E-state index contributed by atoms with van der Waals surface area (Å²) in [5, 5.41) is 0. The van der Waals surface area contributed by atoms with Crippen molar-refractivity contribution in [2.45, 2.75) is 125 Å². The van der Waals surface area contributed by atoms with Gasteiger partial charge in [-0.3, -0.25) is 38.4 Å². The smallest absolute Gasteiger partial charge is 0.183 e. The van der Waals surface area contributed by atoms with Crippen LogP contribution in [0.1, 0.15) is 125 Å². The number of ketones is 8. The third-order valence-electron chi connectivity index (χ3n) is 10.7. The molecule has 0 heterocycles. The number of allylic oxidation sites excluding steroid dienone is 16. The minimum Gasteiger partial charge on any atom is -0.290 e. The zero-order valence-corrected chi connectivity index (χ0v) is 38.0. The van der Waals surface area contributed by atoms with Gasteiger partial charge in [0.25, 0.3) is 0 Å². The molecule has 0 bridgehead atoms. The molecule has 0 aromatic rings. The summed E-state index contributed by atoms with van der Waals surface area (Å²) in [5.74, 6) is -3.28. The van der Waals surface area contributed by atoms with Gasteiger partial charge in [0.15, 0.2) is 46.3 Å². The molecule has 0 fully saturated rings. The lowest BCUT2D eigenvalue weighted by Gasteiger charge is -2.36. The Balaban J connectivity index is 0.000000310. The number of hydrogen-bond acceptors (Lipinski definition) is 8. The normalized spacial score (nSPS) is 19.2. The fraction of sp³-hybridized carbons (Fsp3) is 0.520. The maximum Gasteiger partial charge on any atom is 0.183 e. The lowest BCUT2D eigenvalue weighted by molar-refractivity contribution is -0.117. The Bertz CT molecular complexity index is 1840. The highest BCUT2D eigenvalue weighted by Gasteiger charge is 2.44. The zero-order chi connectivity index (χ0) is 45.0. The predicted octanol–water partition coefficient (Wildman–Crippen LogP) is 9.50. The third-order valence-corrected chi connectivity index (χ3v) is 10.7. The van der Waals surface area contributed by atoms with E-state index >= 15 is 0 Å². The Labute approximate surface area is 345 Å². The summed E-state index contributed by atoms with van der Waals surface area (Å²) in [4.78, 5) is 103. The SMILES string of the molecule is CC(C)(C)C1=CC(=O)C(C(C2=CC(=O)C(C(C)(C)C)=CC2=O)C(C)(C)C)=CC1=O.CC(C)(C)C1=CC(=O)C(C(C2=CC(=O)C(C(C)(C)C)=CC2=O)C(C)(C)C)=CC1=O. The molecule has 58 heavy (non-hydrogen) atoms. The molecule has 0 aromatic carbocycles. The van der Waals surface area contributed by atoms with Gasteiger partial charge in [0, 0.05) is 56.4 Å². The second-order valence-electron chi connectivity index (χ2n) is 22.1. The first-order valence-corrected chi connectivity index (χ1v) is 20.0. The molecule has 0 unspecified atom stereocenters. The van der Waals surface area contributed by atoms with Gasteiger partial charge in [0.2, 0.25) is 0 Å². The Morgan fingerprint density at radius 1 is 0.259 bits per heavy atom. The van der Waals surface area contributed by atoms with Crippen LogP contribution in [-0.4, -0.2) is 46.3 Å². The first kappa shape index (κ1) is 47.7. The molecule has 4 aliphatic carbocycles. The molecule has 0 aliphatic heterocycles. The summed E-state index contributed by atoms with van der Waals surface area (Å²) in [7, 11) is 0. The minimum absolute atomic E-state index is 0.220. The van der Waals surface area contributed by atoms with Crippen LogP contribution < -0.4 is 0 Å².